The third-order valence-electron chi connectivity index (χ3n) is 7.48. The molecule has 0 radical (unpaired) electrons. The molecule has 2 heterocycles. The molecule has 1 aromatic carbocycles. The van der Waals surface area contributed by atoms with Crippen LogP contribution in [0.1, 0.15) is 70.9 Å². The molecule has 4 heteroatoms. The van der Waals surface area contributed by atoms with Crippen molar-refractivity contribution in [3.63, 3.8) is 0 Å². The van der Waals surface area contributed by atoms with Crippen molar-refractivity contribution in [3.8, 4) is 11.3 Å². The van der Waals surface area contributed by atoms with E-state index in [1.807, 2.05) is 12.5 Å². The molecule has 0 bridgehead atoms. The van der Waals surface area contributed by atoms with Crippen LogP contribution in [0.2, 0.25) is 18.1 Å². The van der Waals surface area contributed by atoms with E-state index in [1.165, 1.54) is 48.9 Å². The predicted molar refractivity (Wildman–Crippen MR) is 119 cm³/mol. The highest BCUT2D eigenvalue weighted by atomic mass is 28.4. The highest BCUT2D eigenvalue weighted by Gasteiger charge is 2.42. The minimum absolute atomic E-state index is 0.244. The van der Waals surface area contributed by atoms with Crippen LogP contribution in [0, 0.1) is 5.92 Å². The van der Waals surface area contributed by atoms with E-state index in [0.717, 1.165) is 6.42 Å². The first kappa shape index (κ1) is 19.9. The van der Waals surface area contributed by atoms with E-state index in [4.69, 9.17) is 4.43 Å². The first-order valence-electron chi connectivity index (χ1n) is 11.1. The molecular formula is C24H36N2OSi. The Kier molecular flexibility index (Phi) is 5.30. The van der Waals surface area contributed by atoms with Gasteiger partial charge in [0, 0.05) is 5.56 Å². The molecule has 4 rings (SSSR count). The molecule has 28 heavy (non-hydrogen) atoms. The van der Waals surface area contributed by atoms with Crippen molar-refractivity contribution in [2.75, 3.05) is 0 Å². The lowest BCUT2D eigenvalue weighted by atomic mass is 9.82. The van der Waals surface area contributed by atoms with Crippen LogP contribution in [-0.2, 0) is 4.43 Å². The van der Waals surface area contributed by atoms with Crippen LogP contribution < -0.4 is 0 Å². The average molecular weight is 397 g/mol. The second-order valence-corrected chi connectivity index (χ2v) is 15.1. The zero-order chi connectivity index (χ0) is 19.9. The Morgan fingerprint density at radius 1 is 1.14 bits per heavy atom. The van der Waals surface area contributed by atoms with Gasteiger partial charge in [-0.15, -0.1) is 0 Å². The third kappa shape index (κ3) is 3.61. The lowest BCUT2D eigenvalue weighted by molar-refractivity contribution is 0.0775. The topological polar surface area (TPSA) is 27.1 Å². The van der Waals surface area contributed by atoms with Gasteiger partial charge in [-0.25, -0.2) is 4.98 Å². The first-order chi connectivity index (χ1) is 13.3. The summed E-state index contributed by atoms with van der Waals surface area (Å²) in [5.74, 6) is 0.697. The molecule has 2 atom stereocenters. The number of aromatic nitrogens is 2. The summed E-state index contributed by atoms with van der Waals surface area (Å²) >= 11 is 0. The van der Waals surface area contributed by atoms with Gasteiger partial charge in [-0.1, -0.05) is 64.3 Å². The average Bonchev–Trinajstić information content (AvgIpc) is 3.23. The molecule has 0 spiro atoms. The molecule has 2 aliphatic rings. The molecule has 1 aliphatic heterocycles. The zero-order valence-corrected chi connectivity index (χ0v) is 19.2. The fourth-order valence-electron chi connectivity index (χ4n) is 4.79. The molecule has 3 nitrogen and oxygen atoms in total. The molecule has 1 aliphatic carbocycles. The van der Waals surface area contributed by atoms with Gasteiger partial charge in [0.25, 0.3) is 0 Å². The van der Waals surface area contributed by atoms with Crippen LogP contribution >= 0.6 is 0 Å². The zero-order valence-electron chi connectivity index (χ0n) is 18.2. The Morgan fingerprint density at radius 2 is 1.86 bits per heavy atom. The van der Waals surface area contributed by atoms with Gasteiger partial charge in [0.05, 0.1) is 30.4 Å². The molecule has 0 amide bonds. The van der Waals surface area contributed by atoms with Crippen LogP contribution in [-0.4, -0.2) is 24.0 Å². The van der Waals surface area contributed by atoms with E-state index in [9.17, 15) is 0 Å². The van der Waals surface area contributed by atoms with Crippen LogP contribution in [0.4, 0.5) is 0 Å². The van der Waals surface area contributed by atoms with Crippen LogP contribution in [0.5, 0.6) is 0 Å². The van der Waals surface area contributed by atoms with E-state index in [0.29, 0.717) is 18.1 Å². The SMILES string of the molecule is CC(C)(C)[Si](C)(C)O[C@H](C[C@H]1c2ccccc2-c2cncn21)C1CCCCC1. The normalized spacial score (nSPS) is 21.4. The summed E-state index contributed by atoms with van der Waals surface area (Å²) in [4.78, 5) is 4.46. The lowest BCUT2D eigenvalue weighted by Gasteiger charge is -2.43. The van der Waals surface area contributed by atoms with Gasteiger partial charge < -0.3 is 8.99 Å². The monoisotopic (exact) mass is 396 g/mol. The maximum absolute atomic E-state index is 7.12. The van der Waals surface area contributed by atoms with E-state index >= 15 is 0 Å². The molecule has 1 aromatic heterocycles. The van der Waals surface area contributed by atoms with Gasteiger partial charge in [0.1, 0.15) is 0 Å². The fourth-order valence-corrected chi connectivity index (χ4v) is 6.19. The summed E-state index contributed by atoms with van der Waals surface area (Å²) < 4.78 is 9.50. The Bertz CT molecular complexity index is 814. The second kappa shape index (κ2) is 7.45. The number of nitrogens with zero attached hydrogens (tertiary/aromatic N) is 2. The largest absolute Gasteiger partial charge is 0.414 e. The Hall–Kier alpha value is -1.39. The summed E-state index contributed by atoms with van der Waals surface area (Å²) in [6.45, 7) is 11.9. The van der Waals surface area contributed by atoms with E-state index in [-0.39, 0.29) is 5.04 Å². The highest BCUT2D eigenvalue weighted by molar-refractivity contribution is 6.74. The molecule has 1 saturated carbocycles. The summed E-state index contributed by atoms with van der Waals surface area (Å²) in [7, 11) is -1.82. The van der Waals surface area contributed by atoms with Crippen molar-refractivity contribution < 1.29 is 4.43 Å². The van der Waals surface area contributed by atoms with Crippen molar-refractivity contribution >= 4 is 8.32 Å². The molecule has 152 valence electrons. The minimum Gasteiger partial charge on any atom is -0.414 e. The molecule has 0 saturated heterocycles. The Balaban J connectivity index is 1.64. The van der Waals surface area contributed by atoms with E-state index < -0.39 is 8.32 Å². The molecule has 2 aromatic rings. The van der Waals surface area contributed by atoms with Gasteiger partial charge in [0.15, 0.2) is 8.32 Å². The fraction of sp³-hybridized carbons (Fsp3) is 0.625. The van der Waals surface area contributed by atoms with Gasteiger partial charge >= 0.3 is 0 Å². The van der Waals surface area contributed by atoms with Gasteiger partial charge in [-0.2, -0.15) is 0 Å². The maximum atomic E-state index is 7.12. The molecule has 0 N–H and O–H groups in total. The van der Waals surface area contributed by atoms with Crippen molar-refractivity contribution in [3.05, 3.63) is 42.4 Å². The van der Waals surface area contributed by atoms with Crippen molar-refractivity contribution in [1.29, 1.82) is 0 Å². The summed E-state index contributed by atoms with van der Waals surface area (Å²) in [6, 6.07) is 9.22. The third-order valence-corrected chi connectivity index (χ3v) is 12.0. The minimum atomic E-state index is -1.82. The predicted octanol–water partition coefficient (Wildman–Crippen LogP) is 6.81. The van der Waals surface area contributed by atoms with Crippen molar-refractivity contribution in [2.24, 2.45) is 5.92 Å². The van der Waals surface area contributed by atoms with Gasteiger partial charge in [-0.3, -0.25) is 0 Å². The maximum Gasteiger partial charge on any atom is 0.192 e. The standard InChI is InChI=1S/C24H36N2OSi/c1-24(2,3)28(4,5)27-23(18-11-7-6-8-12-18)15-21-19-13-9-10-14-20(19)22-16-25-17-26(21)22/h9-10,13-14,16-18,21,23H,6-8,11-12,15H2,1-5H3/t21-,23+/m0/s1. The highest BCUT2D eigenvalue weighted by Crippen LogP contribution is 2.45. The molecule has 1 fully saturated rings. The van der Waals surface area contributed by atoms with E-state index in [2.05, 4.69) is 67.7 Å². The molecular weight excluding hydrogens is 360 g/mol. The number of hydrogen-bond donors (Lipinski definition) is 0. The summed E-state index contributed by atoms with van der Waals surface area (Å²) in [5, 5.41) is 0.244. The number of benzene rings is 1. The smallest absolute Gasteiger partial charge is 0.192 e. The Morgan fingerprint density at radius 3 is 2.57 bits per heavy atom. The number of fused-ring (bicyclic) bond motifs is 3. The summed E-state index contributed by atoms with van der Waals surface area (Å²) in [6.07, 6.45) is 12.2. The quantitative estimate of drug-likeness (QED) is 0.519. The van der Waals surface area contributed by atoms with Crippen LogP contribution in [0.25, 0.3) is 11.3 Å². The second-order valence-electron chi connectivity index (χ2n) is 10.3. The van der Waals surface area contributed by atoms with Crippen LogP contribution in [0.15, 0.2) is 36.8 Å². The van der Waals surface area contributed by atoms with Crippen molar-refractivity contribution in [2.45, 2.75) is 89.6 Å². The van der Waals surface area contributed by atoms with E-state index in [1.54, 1.807) is 0 Å². The Labute approximate surface area is 171 Å². The lowest BCUT2D eigenvalue weighted by Crippen LogP contribution is -2.46. The van der Waals surface area contributed by atoms with Gasteiger partial charge in [-0.05, 0) is 48.9 Å². The number of rotatable bonds is 5. The van der Waals surface area contributed by atoms with Crippen molar-refractivity contribution in [1.82, 2.24) is 9.55 Å². The number of hydrogen-bond acceptors (Lipinski definition) is 2. The first-order valence-corrected chi connectivity index (χ1v) is 14.0. The summed E-state index contributed by atoms with van der Waals surface area (Å²) in [5.41, 5.74) is 4.05. The number of imidazole rings is 1. The van der Waals surface area contributed by atoms with Crippen LogP contribution in [0.3, 0.4) is 0 Å². The van der Waals surface area contributed by atoms with Gasteiger partial charge in [0.2, 0.25) is 0 Å². The molecule has 0 unspecified atom stereocenters.